The second kappa shape index (κ2) is 10.2. The minimum atomic E-state index is -0.440. The molecule has 0 amide bonds. The quantitative estimate of drug-likeness (QED) is 0.552. The molecule has 3 heterocycles. The Balaban J connectivity index is 0.00000289. The van der Waals surface area contributed by atoms with Gasteiger partial charge in [-0.2, -0.15) is 0 Å². The Morgan fingerprint density at radius 1 is 1.03 bits per heavy atom. The number of benzene rings is 2. The summed E-state index contributed by atoms with van der Waals surface area (Å²) in [5, 5.41) is 0.389. The van der Waals surface area contributed by atoms with Gasteiger partial charge in [-0.3, -0.25) is 14.3 Å². The predicted octanol–water partition coefficient (Wildman–Crippen LogP) is 2.64. The summed E-state index contributed by atoms with van der Waals surface area (Å²) in [4.78, 5) is 29.9. The van der Waals surface area contributed by atoms with Crippen LogP contribution in [0.3, 0.4) is 0 Å². The van der Waals surface area contributed by atoms with Gasteiger partial charge in [-0.1, -0.05) is 6.07 Å². The molecule has 188 valence electrons. The van der Waals surface area contributed by atoms with E-state index in [0.717, 1.165) is 31.0 Å². The molecular weight excluding hydrogens is 474 g/mol. The van der Waals surface area contributed by atoms with Gasteiger partial charge in [0, 0.05) is 37.2 Å². The van der Waals surface area contributed by atoms with E-state index in [4.69, 9.17) is 18.9 Å². The number of H-pyrrole nitrogens is 1. The lowest BCUT2D eigenvalue weighted by molar-refractivity contribution is 0.0893. The zero-order valence-corrected chi connectivity index (χ0v) is 20.9. The number of hydrogen-bond donors (Lipinski definition) is 1. The Kier molecular flexibility index (Phi) is 7.28. The molecule has 35 heavy (non-hydrogen) atoms. The number of nitrogens with zero attached hydrogens (tertiary/aromatic N) is 2. The zero-order chi connectivity index (χ0) is 23.8. The van der Waals surface area contributed by atoms with Gasteiger partial charge in [-0.15, -0.1) is 12.4 Å². The molecule has 1 fully saturated rings. The fraction of sp³-hybridized carbons (Fsp3) is 0.440. The molecule has 2 aliphatic heterocycles. The number of ether oxygens (including phenoxy) is 4. The van der Waals surface area contributed by atoms with Gasteiger partial charge >= 0.3 is 5.69 Å². The van der Waals surface area contributed by atoms with E-state index in [1.807, 2.05) is 18.2 Å². The van der Waals surface area contributed by atoms with Crippen LogP contribution in [0.5, 0.6) is 23.0 Å². The van der Waals surface area contributed by atoms with Crippen LogP contribution in [0.4, 0.5) is 0 Å². The van der Waals surface area contributed by atoms with Gasteiger partial charge < -0.3 is 23.8 Å². The molecule has 5 rings (SSSR count). The first-order valence-corrected chi connectivity index (χ1v) is 11.4. The van der Waals surface area contributed by atoms with E-state index in [9.17, 15) is 9.59 Å². The third-order valence-electron chi connectivity index (χ3n) is 7.03. The molecule has 0 unspecified atom stereocenters. The largest absolute Gasteiger partial charge is 0.496 e. The van der Waals surface area contributed by atoms with Gasteiger partial charge in [-0.05, 0) is 37.1 Å². The van der Waals surface area contributed by atoms with E-state index in [2.05, 4.69) is 9.88 Å². The van der Waals surface area contributed by atoms with Crippen LogP contribution in [-0.4, -0.2) is 62.0 Å². The van der Waals surface area contributed by atoms with Gasteiger partial charge in [-0.25, -0.2) is 4.79 Å². The number of nitrogens with one attached hydrogen (secondary N) is 1. The maximum atomic E-state index is 12.7. The van der Waals surface area contributed by atoms with Crippen LogP contribution >= 0.6 is 12.4 Å². The van der Waals surface area contributed by atoms with Crippen molar-refractivity contribution in [3.63, 3.8) is 0 Å². The van der Waals surface area contributed by atoms with Crippen molar-refractivity contribution in [2.45, 2.75) is 18.9 Å². The number of aromatic nitrogens is 2. The Morgan fingerprint density at radius 2 is 1.77 bits per heavy atom. The summed E-state index contributed by atoms with van der Waals surface area (Å²) in [6.45, 7) is 3.57. The molecule has 0 aliphatic carbocycles. The average Bonchev–Trinajstić information content (AvgIpc) is 2.87. The molecule has 0 radical (unpaired) electrons. The predicted molar refractivity (Wildman–Crippen MR) is 135 cm³/mol. The van der Waals surface area contributed by atoms with Crippen LogP contribution in [0.15, 0.2) is 39.9 Å². The summed E-state index contributed by atoms with van der Waals surface area (Å²) >= 11 is 0. The summed E-state index contributed by atoms with van der Waals surface area (Å²) in [6.07, 6.45) is 0.994. The molecule has 0 spiro atoms. The highest BCUT2D eigenvalue weighted by Crippen LogP contribution is 2.46. The van der Waals surface area contributed by atoms with E-state index < -0.39 is 11.2 Å². The molecule has 2 aromatic carbocycles. The Labute approximate surface area is 209 Å². The average molecular weight is 504 g/mol. The number of hydrogen-bond acceptors (Lipinski definition) is 7. The molecule has 3 aromatic rings. The highest BCUT2D eigenvalue weighted by molar-refractivity contribution is 5.85. The second-order valence-corrected chi connectivity index (χ2v) is 8.77. The standard InChI is InChI=1S/C25H29N3O6.ClH/c1-31-19-5-4-6-20-23(19)16-7-8-27(13-15(16)14-34-20)9-10-28-18-12-22(33-3)21(32-2)11-17(18)24(29)26-25(28)30;/h4-6,11-12,15-16H,7-10,13-14H2,1-3H3,(H,26,29,30);1H/t15-,16+;/m1./s1. The van der Waals surface area contributed by atoms with Gasteiger partial charge in [0.05, 0.1) is 38.8 Å². The summed E-state index contributed by atoms with van der Waals surface area (Å²) in [6, 6.07) is 9.27. The first-order valence-electron chi connectivity index (χ1n) is 11.4. The third-order valence-corrected chi connectivity index (χ3v) is 7.03. The molecule has 0 bridgehead atoms. The van der Waals surface area contributed by atoms with Crippen LogP contribution in [0.2, 0.25) is 0 Å². The maximum absolute atomic E-state index is 12.7. The lowest BCUT2D eigenvalue weighted by atomic mass is 9.78. The van der Waals surface area contributed by atoms with Gasteiger partial charge in [0.2, 0.25) is 0 Å². The minimum Gasteiger partial charge on any atom is -0.496 e. The Morgan fingerprint density at radius 3 is 2.51 bits per heavy atom. The highest BCUT2D eigenvalue weighted by Gasteiger charge is 2.37. The van der Waals surface area contributed by atoms with Crippen LogP contribution < -0.4 is 30.2 Å². The molecular formula is C25H30ClN3O6. The SMILES string of the molecule is COc1cc2c(=O)[nH]c(=O)n(CCN3CC[C@@H]4c5c(OC)cccc5OC[C@H]4C3)c2cc1OC.Cl. The smallest absolute Gasteiger partial charge is 0.328 e. The summed E-state index contributed by atoms with van der Waals surface area (Å²) < 4.78 is 24.0. The maximum Gasteiger partial charge on any atom is 0.328 e. The summed E-state index contributed by atoms with van der Waals surface area (Å²) in [5.41, 5.74) is 0.829. The fourth-order valence-corrected chi connectivity index (χ4v) is 5.33. The van der Waals surface area contributed by atoms with Crippen LogP contribution in [0, 0.1) is 5.92 Å². The lowest BCUT2D eigenvalue weighted by Crippen LogP contribution is -2.45. The number of methoxy groups -OCH3 is 3. The Bertz CT molecular complexity index is 1320. The zero-order valence-electron chi connectivity index (χ0n) is 20.0. The van der Waals surface area contributed by atoms with E-state index in [0.29, 0.717) is 53.9 Å². The molecule has 2 aliphatic rings. The number of rotatable bonds is 6. The molecule has 9 nitrogen and oxygen atoms in total. The van der Waals surface area contributed by atoms with Crippen LogP contribution in [0.1, 0.15) is 17.9 Å². The topological polar surface area (TPSA) is 95.0 Å². The van der Waals surface area contributed by atoms with E-state index in [1.165, 1.54) is 19.8 Å². The molecule has 1 saturated heterocycles. The first-order chi connectivity index (χ1) is 16.5. The number of piperidine rings is 1. The normalized spacial score (nSPS) is 19.2. The van der Waals surface area contributed by atoms with Crippen molar-refractivity contribution in [3.8, 4) is 23.0 Å². The second-order valence-electron chi connectivity index (χ2n) is 8.77. The number of halogens is 1. The van der Waals surface area contributed by atoms with Crippen molar-refractivity contribution < 1.29 is 18.9 Å². The molecule has 1 N–H and O–H groups in total. The van der Waals surface area contributed by atoms with Gasteiger partial charge in [0.25, 0.3) is 5.56 Å². The van der Waals surface area contributed by atoms with Gasteiger partial charge in [0.1, 0.15) is 11.5 Å². The third kappa shape index (κ3) is 4.46. The molecule has 0 saturated carbocycles. The van der Waals surface area contributed by atoms with E-state index in [-0.39, 0.29) is 12.4 Å². The van der Waals surface area contributed by atoms with Crippen molar-refractivity contribution >= 4 is 23.3 Å². The molecule has 1 aromatic heterocycles. The van der Waals surface area contributed by atoms with Crippen molar-refractivity contribution in [3.05, 3.63) is 56.7 Å². The number of likely N-dealkylation sites (tertiary alicyclic amines) is 1. The number of aromatic amines is 1. The van der Waals surface area contributed by atoms with Crippen molar-refractivity contribution in [1.82, 2.24) is 14.5 Å². The summed E-state index contributed by atoms with van der Waals surface area (Å²) in [5.74, 6) is 3.47. The monoisotopic (exact) mass is 503 g/mol. The van der Waals surface area contributed by atoms with Crippen LogP contribution in [-0.2, 0) is 6.54 Å². The van der Waals surface area contributed by atoms with E-state index in [1.54, 1.807) is 23.8 Å². The molecule has 10 heteroatoms. The summed E-state index contributed by atoms with van der Waals surface area (Å²) in [7, 11) is 4.74. The number of fused-ring (bicyclic) bond motifs is 4. The minimum absolute atomic E-state index is 0. The van der Waals surface area contributed by atoms with Crippen molar-refractivity contribution in [2.24, 2.45) is 5.92 Å². The van der Waals surface area contributed by atoms with Crippen LogP contribution in [0.25, 0.3) is 10.9 Å². The van der Waals surface area contributed by atoms with Gasteiger partial charge in [0.15, 0.2) is 11.5 Å². The first kappa shape index (κ1) is 24.9. The Hall–Kier alpha value is -3.17. The fourth-order valence-electron chi connectivity index (χ4n) is 5.33. The van der Waals surface area contributed by atoms with Crippen molar-refractivity contribution in [2.75, 3.05) is 47.6 Å². The van der Waals surface area contributed by atoms with E-state index >= 15 is 0 Å². The molecule has 2 atom stereocenters. The van der Waals surface area contributed by atoms with Crippen molar-refractivity contribution in [1.29, 1.82) is 0 Å². The lowest BCUT2D eigenvalue weighted by Gasteiger charge is -2.42. The highest BCUT2D eigenvalue weighted by atomic mass is 35.5.